The van der Waals surface area contributed by atoms with E-state index in [1.165, 1.54) is 6.08 Å². The minimum atomic E-state index is -0.289. The normalized spacial score (nSPS) is 24.2. The van der Waals surface area contributed by atoms with Crippen molar-refractivity contribution in [2.75, 3.05) is 32.8 Å². The Kier molecular flexibility index (Phi) is 13.2. The van der Waals surface area contributed by atoms with Crippen molar-refractivity contribution in [3.05, 3.63) is 59.1 Å². The zero-order chi connectivity index (χ0) is 26.6. The lowest BCUT2D eigenvalue weighted by Gasteiger charge is -2.48. The first kappa shape index (κ1) is 30.8. The van der Waals surface area contributed by atoms with Gasteiger partial charge in [-0.25, -0.2) is 0 Å². The largest absolute Gasteiger partial charge is 0.392 e. The molecule has 2 unspecified atom stereocenters. The van der Waals surface area contributed by atoms with Crippen molar-refractivity contribution in [3.63, 3.8) is 0 Å². The van der Waals surface area contributed by atoms with Crippen molar-refractivity contribution < 1.29 is 14.6 Å². The third kappa shape index (κ3) is 9.06. The van der Waals surface area contributed by atoms with Crippen LogP contribution in [0.15, 0.2) is 69.3 Å². The molecule has 0 radical (unpaired) electrons. The number of ether oxygens (including phenoxy) is 1. The number of azo groups is 1. The second kappa shape index (κ2) is 15.0. The predicted molar refractivity (Wildman–Crippen MR) is 144 cm³/mol. The lowest BCUT2D eigenvalue weighted by Crippen LogP contribution is -2.61. The molecule has 2 saturated heterocycles. The van der Waals surface area contributed by atoms with Crippen molar-refractivity contribution in [2.45, 2.75) is 72.4 Å². The molecule has 35 heavy (non-hydrogen) atoms. The fourth-order valence-corrected chi connectivity index (χ4v) is 4.10. The fourth-order valence-electron chi connectivity index (χ4n) is 4.03. The van der Waals surface area contributed by atoms with Crippen molar-refractivity contribution >= 4 is 17.5 Å². The first-order valence-electron chi connectivity index (χ1n) is 12.4. The number of halogens is 1. The van der Waals surface area contributed by atoms with Gasteiger partial charge in [-0.05, 0) is 63.3 Å². The third-order valence-corrected chi connectivity index (χ3v) is 6.29. The molecule has 0 saturated carbocycles. The Morgan fingerprint density at radius 2 is 1.94 bits per heavy atom. The van der Waals surface area contributed by atoms with Crippen LogP contribution in [0.4, 0.5) is 0 Å². The standard InChI is InChI=1S/C21H30N4O2.C4H7ClO.C2H6/c1-15(2)16(3)18-8-6-9-20(23-22-18)25-11-7-13-27-21(5)10-12-24(17(4)26)14-19(21)25;1-4(5)2-3-6;1-2/h8-9,19H,1,3,6-7,10-14H2,2,4-5H3;2,6H,3H2,1H3;1-2H3/b;4-2+;. The molecule has 8 heteroatoms. The Hall–Kier alpha value is -2.22. The minimum Gasteiger partial charge on any atom is -0.392 e. The number of aliphatic hydroxyl groups excluding tert-OH is 1. The van der Waals surface area contributed by atoms with E-state index < -0.39 is 0 Å². The van der Waals surface area contributed by atoms with Crippen LogP contribution in [-0.2, 0) is 9.53 Å². The van der Waals surface area contributed by atoms with Crippen molar-refractivity contribution in [3.8, 4) is 0 Å². The van der Waals surface area contributed by atoms with Gasteiger partial charge in [0.15, 0.2) is 0 Å². The molecular formula is C27H43ClN4O3. The molecule has 1 amide bonds. The lowest BCUT2D eigenvalue weighted by molar-refractivity contribution is -0.140. The zero-order valence-electron chi connectivity index (χ0n) is 22.3. The second-order valence-corrected chi connectivity index (χ2v) is 9.35. The smallest absolute Gasteiger partial charge is 0.219 e. The number of fused-ring (bicyclic) bond motifs is 1. The van der Waals surface area contributed by atoms with Gasteiger partial charge in [0.25, 0.3) is 0 Å². The number of allylic oxidation sites excluding steroid dienone is 4. The molecule has 0 spiro atoms. The van der Waals surface area contributed by atoms with E-state index in [0.29, 0.717) is 11.6 Å². The van der Waals surface area contributed by atoms with E-state index in [-0.39, 0.29) is 24.2 Å². The number of piperidine rings is 1. The first-order valence-corrected chi connectivity index (χ1v) is 12.7. The van der Waals surface area contributed by atoms with Gasteiger partial charge in [0.2, 0.25) is 5.91 Å². The van der Waals surface area contributed by atoms with E-state index in [2.05, 4.69) is 41.3 Å². The van der Waals surface area contributed by atoms with Crippen LogP contribution in [0.2, 0.25) is 0 Å². The van der Waals surface area contributed by atoms with E-state index in [4.69, 9.17) is 21.4 Å². The molecule has 0 aromatic heterocycles. The average Bonchev–Trinajstić information content (AvgIpc) is 3.16. The van der Waals surface area contributed by atoms with Crippen molar-refractivity contribution in [2.24, 2.45) is 10.2 Å². The molecule has 2 fully saturated rings. The van der Waals surface area contributed by atoms with Crippen LogP contribution in [0.5, 0.6) is 0 Å². The highest BCUT2D eigenvalue weighted by molar-refractivity contribution is 6.29. The van der Waals surface area contributed by atoms with Crippen LogP contribution in [0, 0.1) is 0 Å². The molecule has 3 aliphatic heterocycles. The highest BCUT2D eigenvalue weighted by Gasteiger charge is 2.46. The van der Waals surface area contributed by atoms with Crippen molar-refractivity contribution in [1.29, 1.82) is 0 Å². The molecule has 0 aliphatic carbocycles. The predicted octanol–water partition coefficient (Wildman–Crippen LogP) is 5.95. The Balaban J connectivity index is 0.000000670. The topological polar surface area (TPSA) is 77.7 Å². The van der Waals surface area contributed by atoms with Crippen LogP contribution in [0.1, 0.15) is 60.8 Å². The van der Waals surface area contributed by atoms with Gasteiger partial charge in [-0.15, -0.1) is 10.2 Å². The maximum absolute atomic E-state index is 12.0. The number of hydrogen-bond donors (Lipinski definition) is 1. The molecule has 196 valence electrons. The van der Waals surface area contributed by atoms with Crippen molar-refractivity contribution in [1.82, 2.24) is 9.80 Å². The molecule has 0 aromatic carbocycles. The van der Waals surface area contributed by atoms with Gasteiger partial charge in [-0.3, -0.25) is 4.79 Å². The maximum Gasteiger partial charge on any atom is 0.219 e. The number of hydrogen-bond acceptors (Lipinski definition) is 6. The summed E-state index contributed by atoms with van der Waals surface area (Å²) < 4.78 is 6.25. The van der Waals surface area contributed by atoms with E-state index in [0.717, 1.165) is 61.6 Å². The molecule has 2 atom stereocenters. The van der Waals surface area contributed by atoms with E-state index in [1.54, 1.807) is 13.8 Å². The van der Waals surface area contributed by atoms with Gasteiger partial charge >= 0.3 is 0 Å². The van der Waals surface area contributed by atoms with Crippen LogP contribution >= 0.6 is 11.6 Å². The highest BCUT2D eigenvalue weighted by atomic mass is 35.5. The molecule has 3 heterocycles. The maximum atomic E-state index is 12.0. The van der Waals surface area contributed by atoms with Gasteiger partial charge in [-0.2, -0.15) is 0 Å². The number of carbonyl (C=O) groups excluding carboxylic acids is 1. The third-order valence-electron chi connectivity index (χ3n) is 6.14. The monoisotopic (exact) mass is 506 g/mol. The molecule has 7 nitrogen and oxygen atoms in total. The molecule has 0 bridgehead atoms. The molecule has 1 N–H and O–H groups in total. The Bertz CT molecular complexity index is 874. The van der Waals surface area contributed by atoms with Crippen LogP contribution in [0.25, 0.3) is 0 Å². The van der Waals surface area contributed by atoms with E-state index in [1.807, 2.05) is 31.7 Å². The van der Waals surface area contributed by atoms with Gasteiger partial charge in [0, 0.05) is 38.2 Å². The average molecular weight is 507 g/mol. The second-order valence-electron chi connectivity index (χ2n) is 8.76. The molecule has 3 aliphatic rings. The Labute approximate surface area is 216 Å². The molecule has 0 aromatic rings. The number of aliphatic hydroxyl groups is 1. The van der Waals surface area contributed by atoms with E-state index in [9.17, 15) is 4.79 Å². The first-order chi connectivity index (χ1) is 16.6. The number of carbonyl (C=O) groups is 1. The van der Waals surface area contributed by atoms with Gasteiger partial charge in [0.05, 0.1) is 23.9 Å². The summed E-state index contributed by atoms with van der Waals surface area (Å²) in [5.41, 5.74) is 2.20. The van der Waals surface area contributed by atoms with Crippen LogP contribution in [0.3, 0.4) is 0 Å². The number of rotatable bonds is 4. The lowest BCUT2D eigenvalue weighted by atomic mass is 9.87. The van der Waals surface area contributed by atoms with Gasteiger partial charge in [-0.1, -0.05) is 44.7 Å². The van der Waals surface area contributed by atoms with Crippen LogP contribution in [-0.4, -0.2) is 65.3 Å². The number of likely N-dealkylation sites (tertiary alicyclic amines) is 1. The van der Waals surface area contributed by atoms with E-state index >= 15 is 0 Å². The summed E-state index contributed by atoms with van der Waals surface area (Å²) in [5, 5.41) is 17.7. The summed E-state index contributed by atoms with van der Waals surface area (Å²) in [6, 6.07) is 0.0636. The summed E-state index contributed by atoms with van der Waals surface area (Å²) in [6.45, 7) is 22.4. The van der Waals surface area contributed by atoms with Gasteiger partial charge in [0.1, 0.15) is 5.82 Å². The quantitative estimate of drug-likeness (QED) is 0.478. The minimum absolute atomic E-state index is 0.0370. The zero-order valence-corrected chi connectivity index (χ0v) is 23.1. The highest BCUT2D eigenvalue weighted by Crippen LogP contribution is 2.35. The summed E-state index contributed by atoms with van der Waals surface area (Å²) in [5.74, 6) is 0.960. The SMILES string of the molecule is C/C(Cl)=C\CO.C=C(C)C(=C)C1=CCC=C(N2CCCOC3(C)CCN(C(C)=O)CC23)N=N1.CC. The summed E-state index contributed by atoms with van der Waals surface area (Å²) in [4.78, 5) is 16.2. The Morgan fingerprint density at radius 1 is 1.26 bits per heavy atom. The number of amides is 1. The molecule has 3 rings (SSSR count). The number of nitrogens with zero attached hydrogens (tertiary/aromatic N) is 4. The summed E-state index contributed by atoms with van der Waals surface area (Å²) >= 11 is 5.28. The summed E-state index contributed by atoms with van der Waals surface area (Å²) in [7, 11) is 0. The summed E-state index contributed by atoms with van der Waals surface area (Å²) in [6.07, 6.45) is 8.15. The van der Waals surface area contributed by atoms with Gasteiger partial charge < -0.3 is 19.6 Å². The Morgan fingerprint density at radius 3 is 2.49 bits per heavy atom. The van der Waals surface area contributed by atoms with Crippen LogP contribution < -0.4 is 0 Å². The fraction of sp³-hybridized carbons (Fsp3) is 0.593. The molecular weight excluding hydrogens is 464 g/mol.